The fraction of sp³-hybridized carbons (Fsp3) is 0.571. The van der Waals surface area contributed by atoms with Gasteiger partial charge in [0.25, 0.3) is 0 Å². The Hall–Kier alpha value is -0.860. The second kappa shape index (κ2) is 4.56. The van der Waals surface area contributed by atoms with Crippen LogP contribution in [0, 0.1) is 6.92 Å². The van der Waals surface area contributed by atoms with Gasteiger partial charge in [0.05, 0.1) is 0 Å². The van der Waals surface area contributed by atoms with Gasteiger partial charge < -0.3 is 5.73 Å². The molecule has 88 valence electrons. The van der Waals surface area contributed by atoms with E-state index in [0.717, 1.165) is 13.1 Å². The minimum absolute atomic E-state index is 0.280. The lowest BCUT2D eigenvalue weighted by atomic mass is 9.75. The highest BCUT2D eigenvalue weighted by atomic mass is 15.2. The first-order chi connectivity index (χ1) is 7.68. The highest BCUT2D eigenvalue weighted by molar-refractivity contribution is 5.25. The van der Waals surface area contributed by atoms with Crippen molar-refractivity contribution in [1.29, 1.82) is 0 Å². The molecule has 2 N–H and O–H groups in total. The van der Waals surface area contributed by atoms with Gasteiger partial charge in [-0.05, 0) is 44.4 Å². The van der Waals surface area contributed by atoms with E-state index in [1.54, 1.807) is 0 Å². The number of nitrogens with two attached hydrogens (primary N) is 1. The van der Waals surface area contributed by atoms with Crippen molar-refractivity contribution in [3.8, 4) is 0 Å². The van der Waals surface area contributed by atoms with Crippen LogP contribution < -0.4 is 5.73 Å². The molecule has 1 aromatic carbocycles. The standard InChI is InChI=1S/C14H22N2/c1-12-6-3-4-7-13(12)10-16(2)14(11-15)8-5-9-14/h3-4,6-7H,5,8-11,15H2,1-2H3. The lowest BCUT2D eigenvalue weighted by Crippen LogP contribution is -2.56. The third-order valence-electron chi connectivity index (χ3n) is 4.14. The van der Waals surface area contributed by atoms with Gasteiger partial charge in [0.1, 0.15) is 0 Å². The molecular weight excluding hydrogens is 196 g/mol. The van der Waals surface area contributed by atoms with Gasteiger partial charge in [0.2, 0.25) is 0 Å². The number of nitrogens with zero attached hydrogens (tertiary/aromatic N) is 1. The number of rotatable bonds is 4. The molecule has 0 radical (unpaired) electrons. The molecule has 1 aliphatic carbocycles. The summed E-state index contributed by atoms with van der Waals surface area (Å²) in [6.07, 6.45) is 3.84. The maximum Gasteiger partial charge on any atom is 0.0332 e. The number of likely N-dealkylation sites (N-methyl/N-ethyl adjacent to an activating group) is 1. The van der Waals surface area contributed by atoms with Crippen LogP contribution in [-0.2, 0) is 6.54 Å². The van der Waals surface area contributed by atoms with Crippen LogP contribution in [0.25, 0.3) is 0 Å². The normalized spacial score (nSPS) is 18.5. The average molecular weight is 218 g/mol. The molecule has 1 saturated carbocycles. The minimum atomic E-state index is 0.280. The highest BCUT2D eigenvalue weighted by Gasteiger charge is 2.39. The van der Waals surface area contributed by atoms with Gasteiger partial charge in [-0.25, -0.2) is 0 Å². The van der Waals surface area contributed by atoms with Gasteiger partial charge in [-0.2, -0.15) is 0 Å². The van der Waals surface area contributed by atoms with Crippen LogP contribution in [-0.4, -0.2) is 24.0 Å². The minimum Gasteiger partial charge on any atom is -0.329 e. The molecule has 16 heavy (non-hydrogen) atoms. The van der Waals surface area contributed by atoms with Crippen molar-refractivity contribution in [2.24, 2.45) is 5.73 Å². The van der Waals surface area contributed by atoms with Crippen LogP contribution in [0.4, 0.5) is 0 Å². The second-order valence-corrected chi connectivity index (χ2v) is 5.06. The van der Waals surface area contributed by atoms with Gasteiger partial charge >= 0.3 is 0 Å². The van der Waals surface area contributed by atoms with Crippen LogP contribution in [0.3, 0.4) is 0 Å². The molecule has 0 amide bonds. The van der Waals surface area contributed by atoms with Crippen LogP contribution in [0.5, 0.6) is 0 Å². The highest BCUT2D eigenvalue weighted by Crippen LogP contribution is 2.36. The molecule has 0 bridgehead atoms. The summed E-state index contributed by atoms with van der Waals surface area (Å²) in [5.74, 6) is 0. The largest absolute Gasteiger partial charge is 0.329 e. The van der Waals surface area contributed by atoms with E-state index >= 15 is 0 Å². The third kappa shape index (κ3) is 2.00. The Morgan fingerprint density at radius 2 is 2.00 bits per heavy atom. The van der Waals surface area contributed by atoms with Crippen LogP contribution >= 0.6 is 0 Å². The van der Waals surface area contributed by atoms with E-state index in [9.17, 15) is 0 Å². The third-order valence-corrected chi connectivity index (χ3v) is 4.14. The molecule has 0 heterocycles. The Kier molecular flexibility index (Phi) is 3.31. The molecule has 0 aliphatic heterocycles. The van der Waals surface area contributed by atoms with E-state index in [-0.39, 0.29) is 5.54 Å². The Morgan fingerprint density at radius 3 is 2.50 bits per heavy atom. The van der Waals surface area contributed by atoms with E-state index in [1.165, 1.54) is 30.4 Å². The molecule has 2 heteroatoms. The van der Waals surface area contributed by atoms with Gasteiger partial charge in [-0.1, -0.05) is 24.3 Å². The lowest BCUT2D eigenvalue weighted by Gasteiger charge is -2.48. The fourth-order valence-electron chi connectivity index (χ4n) is 2.54. The molecule has 0 unspecified atom stereocenters. The van der Waals surface area contributed by atoms with Gasteiger partial charge in [-0.15, -0.1) is 0 Å². The summed E-state index contributed by atoms with van der Waals surface area (Å²) in [7, 11) is 2.21. The first-order valence-electron chi connectivity index (χ1n) is 6.14. The Labute approximate surface area is 98.4 Å². The zero-order valence-electron chi connectivity index (χ0n) is 10.4. The Bertz CT molecular complexity index is 350. The van der Waals surface area contributed by atoms with Crippen molar-refractivity contribution in [3.63, 3.8) is 0 Å². The Balaban J connectivity index is 2.07. The van der Waals surface area contributed by atoms with Crippen LogP contribution in [0.2, 0.25) is 0 Å². The first-order valence-corrected chi connectivity index (χ1v) is 6.14. The zero-order chi connectivity index (χ0) is 11.6. The summed E-state index contributed by atoms with van der Waals surface area (Å²) >= 11 is 0. The molecule has 1 aliphatic rings. The van der Waals surface area contributed by atoms with Gasteiger partial charge in [0.15, 0.2) is 0 Å². The molecule has 0 aromatic heterocycles. The van der Waals surface area contributed by atoms with Crippen molar-refractivity contribution in [1.82, 2.24) is 4.90 Å². The summed E-state index contributed by atoms with van der Waals surface area (Å²) in [5, 5.41) is 0. The van der Waals surface area contributed by atoms with E-state index < -0.39 is 0 Å². The topological polar surface area (TPSA) is 29.3 Å². The van der Waals surface area contributed by atoms with Gasteiger partial charge in [-0.3, -0.25) is 4.90 Å². The molecule has 2 nitrogen and oxygen atoms in total. The Morgan fingerprint density at radius 1 is 1.31 bits per heavy atom. The number of hydrogen-bond acceptors (Lipinski definition) is 2. The van der Waals surface area contributed by atoms with Crippen molar-refractivity contribution in [2.45, 2.75) is 38.3 Å². The van der Waals surface area contributed by atoms with Crippen molar-refractivity contribution >= 4 is 0 Å². The van der Waals surface area contributed by atoms with Crippen molar-refractivity contribution in [3.05, 3.63) is 35.4 Å². The van der Waals surface area contributed by atoms with Gasteiger partial charge in [0, 0.05) is 18.6 Å². The quantitative estimate of drug-likeness (QED) is 0.840. The molecule has 0 saturated heterocycles. The van der Waals surface area contributed by atoms with Crippen molar-refractivity contribution < 1.29 is 0 Å². The molecule has 1 aromatic rings. The van der Waals surface area contributed by atoms with Crippen LogP contribution in [0.15, 0.2) is 24.3 Å². The van der Waals surface area contributed by atoms with E-state index in [0.29, 0.717) is 0 Å². The SMILES string of the molecule is Cc1ccccc1CN(C)C1(CN)CCC1. The number of benzene rings is 1. The predicted octanol–water partition coefficient (Wildman–Crippen LogP) is 2.31. The summed E-state index contributed by atoms with van der Waals surface area (Å²) < 4.78 is 0. The van der Waals surface area contributed by atoms with Crippen LogP contribution in [0.1, 0.15) is 30.4 Å². The summed E-state index contributed by atoms with van der Waals surface area (Å²) in [6, 6.07) is 8.61. The monoisotopic (exact) mass is 218 g/mol. The maximum atomic E-state index is 5.92. The first kappa shape index (κ1) is 11.6. The molecular formula is C14H22N2. The maximum absolute atomic E-state index is 5.92. The summed E-state index contributed by atoms with van der Waals surface area (Å²) in [4.78, 5) is 2.44. The van der Waals surface area contributed by atoms with Crippen molar-refractivity contribution in [2.75, 3.05) is 13.6 Å². The second-order valence-electron chi connectivity index (χ2n) is 5.06. The zero-order valence-corrected chi connectivity index (χ0v) is 10.4. The molecule has 2 rings (SSSR count). The fourth-order valence-corrected chi connectivity index (χ4v) is 2.54. The van der Waals surface area contributed by atoms with E-state index in [1.807, 2.05) is 0 Å². The average Bonchev–Trinajstić information content (AvgIpc) is 2.21. The summed E-state index contributed by atoms with van der Waals surface area (Å²) in [6.45, 7) is 3.98. The lowest BCUT2D eigenvalue weighted by molar-refractivity contribution is 0.0397. The number of hydrogen-bond donors (Lipinski definition) is 1. The van der Waals surface area contributed by atoms with E-state index in [4.69, 9.17) is 5.73 Å². The molecule has 0 atom stereocenters. The molecule has 1 fully saturated rings. The number of aryl methyl sites for hydroxylation is 1. The smallest absolute Gasteiger partial charge is 0.0332 e. The van der Waals surface area contributed by atoms with E-state index in [2.05, 4.69) is 43.1 Å². The molecule has 0 spiro atoms. The predicted molar refractivity (Wildman–Crippen MR) is 68.3 cm³/mol. The summed E-state index contributed by atoms with van der Waals surface area (Å²) in [5.41, 5.74) is 9.00.